The molecule has 7 nitrogen and oxygen atoms in total. The molecule has 1 fully saturated rings. The average Bonchev–Trinajstić information content (AvgIpc) is 3.07. The topological polar surface area (TPSA) is 77.1 Å². The number of benzene rings is 1. The predicted octanol–water partition coefficient (Wildman–Crippen LogP) is 2.38. The summed E-state index contributed by atoms with van der Waals surface area (Å²) in [5, 5.41) is 0.628. The van der Waals surface area contributed by atoms with E-state index in [2.05, 4.69) is 0 Å². The number of nitrogens with zero attached hydrogens (tertiary/aromatic N) is 1. The third kappa shape index (κ3) is 2.07. The lowest BCUT2D eigenvalue weighted by Crippen LogP contribution is -2.61. The first kappa shape index (κ1) is 16.8. The molecule has 10 heteroatoms. The Labute approximate surface area is 146 Å². The Bertz CT molecular complexity index is 827. The number of hydrogen-bond donors (Lipinski definition) is 1. The Balaban J connectivity index is 1.83. The summed E-state index contributed by atoms with van der Waals surface area (Å²) >= 11 is 0. The largest absolute Gasteiger partial charge is 0.472 e. The lowest BCUT2D eigenvalue weighted by atomic mass is 9.68. The zero-order chi connectivity index (χ0) is 18.9. The highest BCUT2D eigenvalue weighted by atomic mass is 19.4. The van der Waals surface area contributed by atoms with Gasteiger partial charge in [0.2, 0.25) is 6.79 Å². The number of carbonyl (C=O) groups excluding carboxylic acids is 2. The van der Waals surface area contributed by atoms with E-state index in [-0.39, 0.29) is 6.79 Å². The number of rotatable bonds is 1. The molecule has 1 N–H and O–H groups in total. The van der Waals surface area contributed by atoms with Crippen molar-refractivity contribution in [1.82, 2.24) is 10.4 Å². The molecule has 0 spiro atoms. The van der Waals surface area contributed by atoms with Crippen LogP contribution >= 0.6 is 0 Å². The SMILES string of the molecule is CC12CCc3cc4c(cc3C1(C)N(NC(=O)C(F)(F)F)C(=O)O2)OCO4. The van der Waals surface area contributed by atoms with Gasteiger partial charge in [0, 0.05) is 0 Å². The lowest BCUT2D eigenvalue weighted by Gasteiger charge is -2.46. The lowest BCUT2D eigenvalue weighted by molar-refractivity contribution is -0.179. The van der Waals surface area contributed by atoms with Gasteiger partial charge >= 0.3 is 18.2 Å². The van der Waals surface area contributed by atoms with Crippen LogP contribution < -0.4 is 14.9 Å². The van der Waals surface area contributed by atoms with Crippen molar-refractivity contribution in [1.29, 1.82) is 0 Å². The van der Waals surface area contributed by atoms with E-state index >= 15 is 0 Å². The molecule has 0 aromatic heterocycles. The van der Waals surface area contributed by atoms with Crippen LogP contribution in [0, 0.1) is 0 Å². The first-order valence-electron chi connectivity index (χ1n) is 7.90. The summed E-state index contributed by atoms with van der Waals surface area (Å²) in [6.45, 7) is 3.24. The van der Waals surface area contributed by atoms with E-state index in [9.17, 15) is 22.8 Å². The number of ether oxygens (including phenoxy) is 3. The molecule has 2 atom stereocenters. The summed E-state index contributed by atoms with van der Waals surface area (Å²) in [6, 6.07) is 3.37. The van der Waals surface area contributed by atoms with Gasteiger partial charge < -0.3 is 14.2 Å². The Morgan fingerprint density at radius 1 is 1.23 bits per heavy atom. The highest BCUT2D eigenvalue weighted by Gasteiger charge is 2.64. The zero-order valence-electron chi connectivity index (χ0n) is 13.9. The fraction of sp³-hybridized carbons (Fsp3) is 0.500. The number of hydrazine groups is 1. The van der Waals surface area contributed by atoms with E-state index in [4.69, 9.17) is 14.2 Å². The average molecular weight is 372 g/mol. The predicted molar refractivity (Wildman–Crippen MR) is 79.2 cm³/mol. The van der Waals surface area contributed by atoms with E-state index in [1.165, 1.54) is 0 Å². The molecule has 3 aliphatic rings. The number of fused-ring (bicyclic) bond motifs is 4. The van der Waals surface area contributed by atoms with Crippen LogP contribution in [0.15, 0.2) is 12.1 Å². The first-order chi connectivity index (χ1) is 12.1. The smallest absolute Gasteiger partial charge is 0.454 e. The van der Waals surface area contributed by atoms with Gasteiger partial charge in [-0.3, -0.25) is 10.2 Å². The molecule has 2 heterocycles. The molecule has 2 amide bonds. The normalized spacial score (nSPS) is 29.1. The first-order valence-corrected chi connectivity index (χ1v) is 7.90. The Morgan fingerprint density at radius 2 is 1.88 bits per heavy atom. The fourth-order valence-electron chi connectivity index (χ4n) is 3.80. The second-order valence-corrected chi connectivity index (χ2v) is 6.81. The second-order valence-electron chi connectivity index (χ2n) is 6.81. The number of alkyl halides is 3. The standard InChI is InChI=1S/C16H15F3N2O5/c1-14-4-3-8-5-10-11(25-7-24-10)6-9(8)15(14,2)21(13(23)26-14)20-12(22)16(17,18)19/h5-6H,3-4,7H2,1-2H3,(H,20,22). The van der Waals surface area contributed by atoms with Crippen molar-refractivity contribution in [2.24, 2.45) is 0 Å². The van der Waals surface area contributed by atoms with Gasteiger partial charge in [-0.2, -0.15) is 13.2 Å². The summed E-state index contributed by atoms with van der Waals surface area (Å²) in [7, 11) is 0. The van der Waals surface area contributed by atoms with Crippen molar-refractivity contribution < 1.29 is 37.0 Å². The minimum absolute atomic E-state index is 0.0379. The second kappa shape index (κ2) is 4.95. The summed E-state index contributed by atoms with van der Waals surface area (Å²) in [5.41, 5.74) is 0.532. The van der Waals surface area contributed by atoms with Crippen molar-refractivity contribution >= 4 is 12.0 Å². The summed E-state index contributed by atoms with van der Waals surface area (Å²) in [6.07, 6.45) is -5.27. The van der Waals surface area contributed by atoms with Gasteiger partial charge in [-0.15, -0.1) is 0 Å². The van der Waals surface area contributed by atoms with Crippen LogP contribution in [0.5, 0.6) is 11.5 Å². The van der Waals surface area contributed by atoms with Crippen LogP contribution in [-0.4, -0.2) is 35.6 Å². The molecule has 1 aromatic carbocycles. The molecule has 26 heavy (non-hydrogen) atoms. The number of hydrogen-bond acceptors (Lipinski definition) is 5. The molecule has 1 saturated heterocycles. The number of halogens is 3. The molecule has 4 rings (SSSR count). The van der Waals surface area contributed by atoms with Crippen LogP contribution in [0.3, 0.4) is 0 Å². The Kier molecular flexibility index (Phi) is 3.20. The van der Waals surface area contributed by atoms with E-state index in [0.29, 0.717) is 34.9 Å². The van der Waals surface area contributed by atoms with E-state index in [1.807, 2.05) is 0 Å². The quantitative estimate of drug-likeness (QED) is 0.819. The summed E-state index contributed by atoms with van der Waals surface area (Å²) < 4.78 is 54.3. The van der Waals surface area contributed by atoms with E-state index in [0.717, 1.165) is 5.56 Å². The van der Waals surface area contributed by atoms with E-state index < -0.39 is 29.3 Å². The summed E-state index contributed by atoms with van der Waals surface area (Å²) in [4.78, 5) is 23.8. The highest BCUT2D eigenvalue weighted by Crippen LogP contribution is 2.54. The van der Waals surface area contributed by atoms with Crippen molar-refractivity contribution in [2.75, 3.05) is 6.79 Å². The van der Waals surface area contributed by atoms with Gasteiger partial charge in [-0.05, 0) is 49.9 Å². The van der Waals surface area contributed by atoms with E-state index in [1.54, 1.807) is 31.4 Å². The van der Waals surface area contributed by atoms with Crippen LogP contribution in [0.1, 0.15) is 31.4 Å². The van der Waals surface area contributed by atoms with Crippen molar-refractivity contribution in [3.63, 3.8) is 0 Å². The minimum Gasteiger partial charge on any atom is -0.454 e. The molecule has 0 saturated carbocycles. The fourth-order valence-corrected chi connectivity index (χ4v) is 3.80. The number of aryl methyl sites for hydroxylation is 1. The molecule has 0 bridgehead atoms. The van der Waals surface area contributed by atoms with Gasteiger partial charge in [-0.25, -0.2) is 9.80 Å². The van der Waals surface area contributed by atoms with Gasteiger partial charge in [-0.1, -0.05) is 0 Å². The maximum absolute atomic E-state index is 12.7. The Morgan fingerprint density at radius 3 is 2.54 bits per heavy atom. The van der Waals surface area contributed by atoms with Gasteiger partial charge in [0.15, 0.2) is 11.5 Å². The molecule has 2 unspecified atom stereocenters. The molecule has 1 aliphatic carbocycles. The third-order valence-corrected chi connectivity index (χ3v) is 5.44. The number of amides is 2. The monoisotopic (exact) mass is 372 g/mol. The third-order valence-electron chi connectivity index (χ3n) is 5.44. The molecular weight excluding hydrogens is 357 g/mol. The Hall–Kier alpha value is -2.65. The minimum atomic E-state index is -5.14. The molecule has 2 aliphatic heterocycles. The van der Waals surface area contributed by atoms with Gasteiger partial charge in [0.25, 0.3) is 0 Å². The molecule has 0 radical (unpaired) electrons. The van der Waals surface area contributed by atoms with Crippen molar-refractivity contribution in [3.05, 3.63) is 23.3 Å². The van der Waals surface area contributed by atoms with Gasteiger partial charge in [0.1, 0.15) is 11.1 Å². The summed E-state index contributed by atoms with van der Waals surface area (Å²) in [5.74, 6) is -1.28. The van der Waals surface area contributed by atoms with Crippen LogP contribution in [0.2, 0.25) is 0 Å². The van der Waals surface area contributed by atoms with Crippen LogP contribution in [-0.2, 0) is 21.5 Å². The zero-order valence-corrected chi connectivity index (χ0v) is 13.9. The maximum Gasteiger partial charge on any atom is 0.472 e. The van der Waals surface area contributed by atoms with Crippen molar-refractivity contribution in [3.8, 4) is 11.5 Å². The number of carbonyl (C=O) groups is 2. The highest BCUT2D eigenvalue weighted by molar-refractivity contribution is 5.85. The number of nitrogens with one attached hydrogen (secondary N) is 1. The molecule has 1 aromatic rings. The molecular formula is C16H15F3N2O5. The maximum atomic E-state index is 12.7. The van der Waals surface area contributed by atoms with Crippen LogP contribution in [0.4, 0.5) is 18.0 Å². The van der Waals surface area contributed by atoms with Crippen molar-refractivity contribution in [2.45, 2.75) is 44.0 Å². The van der Waals surface area contributed by atoms with Gasteiger partial charge in [0.05, 0.1) is 0 Å². The van der Waals surface area contributed by atoms with Crippen LogP contribution in [0.25, 0.3) is 0 Å². The molecule has 140 valence electrons.